The summed E-state index contributed by atoms with van der Waals surface area (Å²) in [6.07, 6.45) is -0.715. The SMILES string of the molecule is CC(C)(C)OC(=O)N=C(N)NCCNC(c1ccccc1)(c1ccccc1)c1ccccc1. The van der Waals surface area contributed by atoms with E-state index in [2.05, 4.69) is 52.0 Å². The summed E-state index contributed by atoms with van der Waals surface area (Å²) in [6, 6.07) is 31.0. The van der Waals surface area contributed by atoms with Gasteiger partial charge in [0, 0.05) is 13.1 Å². The number of aliphatic imine (C=N–C) groups is 1. The molecule has 6 nitrogen and oxygen atoms in total. The average molecular weight is 445 g/mol. The van der Waals surface area contributed by atoms with Gasteiger partial charge in [-0.15, -0.1) is 4.99 Å². The fourth-order valence-electron chi connectivity index (χ4n) is 3.73. The standard InChI is InChI=1S/C27H32N4O2/c1-26(2,3)33-25(32)31-24(28)29-19-20-30-27(21-13-7-4-8-14-21,22-15-9-5-10-16-22)23-17-11-6-12-18-23/h4-18,30H,19-20H2,1-3H3,(H3,28,29,31,32). The van der Waals surface area contributed by atoms with E-state index in [0.717, 1.165) is 16.7 Å². The maximum absolute atomic E-state index is 11.9. The molecule has 4 N–H and O–H groups in total. The molecule has 0 bridgehead atoms. The summed E-state index contributed by atoms with van der Waals surface area (Å²) in [6.45, 7) is 6.37. The molecule has 0 atom stereocenters. The number of amides is 1. The molecule has 0 unspecified atom stereocenters. The number of hydrogen-bond acceptors (Lipinski definition) is 3. The molecule has 33 heavy (non-hydrogen) atoms. The molecule has 3 aromatic rings. The normalized spacial score (nSPS) is 12.3. The Balaban J connectivity index is 1.84. The van der Waals surface area contributed by atoms with Crippen LogP contribution in [0.3, 0.4) is 0 Å². The molecule has 0 aliphatic rings. The smallest absolute Gasteiger partial charge is 0.437 e. The van der Waals surface area contributed by atoms with Crippen molar-refractivity contribution in [2.24, 2.45) is 10.7 Å². The number of hydrogen-bond donors (Lipinski definition) is 3. The first-order valence-corrected chi connectivity index (χ1v) is 11.0. The number of rotatable bonds is 7. The minimum atomic E-state index is -0.715. The van der Waals surface area contributed by atoms with Crippen LogP contribution in [0.25, 0.3) is 0 Å². The maximum Gasteiger partial charge on any atom is 0.437 e. The van der Waals surface area contributed by atoms with Crippen molar-refractivity contribution in [3.63, 3.8) is 0 Å². The van der Waals surface area contributed by atoms with Gasteiger partial charge in [-0.05, 0) is 37.5 Å². The molecule has 0 spiro atoms. The van der Waals surface area contributed by atoms with Crippen LogP contribution in [0.5, 0.6) is 0 Å². The van der Waals surface area contributed by atoms with Gasteiger partial charge in [0.05, 0.1) is 5.54 Å². The van der Waals surface area contributed by atoms with Gasteiger partial charge in [0.15, 0.2) is 5.96 Å². The monoisotopic (exact) mass is 444 g/mol. The number of ether oxygens (including phenoxy) is 1. The van der Waals surface area contributed by atoms with Crippen LogP contribution < -0.4 is 16.4 Å². The van der Waals surface area contributed by atoms with Crippen molar-refractivity contribution < 1.29 is 9.53 Å². The number of nitrogens with two attached hydrogens (primary N) is 1. The second-order valence-corrected chi connectivity index (χ2v) is 8.68. The second-order valence-electron chi connectivity index (χ2n) is 8.68. The average Bonchev–Trinajstić information content (AvgIpc) is 2.80. The molecule has 172 valence electrons. The van der Waals surface area contributed by atoms with Gasteiger partial charge in [-0.2, -0.15) is 0 Å². The van der Waals surface area contributed by atoms with Gasteiger partial charge in [-0.1, -0.05) is 91.0 Å². The highest BCUT2D eigenvalue weighted by atomic mass is 16.6. The molecule has 0 saturated heterocycles. The van der Waals surface area contributed by atoms with Gasteiger partial charge in [0.25, 0.3) is 0 Å². The van der Waals surface area contributed by atoms with Crippen LogP contribution in [-0.4, -0.2) is 30.7 Å². The summed E-state index contributed by atoms with van der Waals surface area (Å²) in [5.41, 5.74) is 8.07. The Morgan fingerprint density at radius 1 is 0.788 bits per heavy atom. The predicted molar refractivity (Wildman–Crippen MR) is 133 cm³/mol. The highest BCUT2D eigenvalue weighted by Gasteiger charge is 2.35. The molecule has 0 aliphatic carbocycles. The lowest BCUT2D eigenvalue weighted by molar-refractivity contribution is 0.0603. The molecule has 0 radical (unpaired) electrons. The number of guanidine groups is 1. The molecule has 0 aliphatic heterocycles. The summed E-state index contributed by atoms with van der Waals surface area (Å²) in [5, 5.41) is 6.73. The summed E-state index contributed by atoms with van der Waals surface area (Å²) >= 11 is 0. The second kappa shape index (κ2) is 10.8. The highest BCUT2D eigenvalue weighted by molar-refractivity contribution is 5.89. The molecule has 0 saturated carbocycles. The first kappa shape index (κ1) is 24.0. The fraction of sp³-hybridized carbons (Fsp3) is 0.259. The van der Waals surface area contributed by atoms with Gasteiger partial charge in [-0.3, -0.25) is 5.32 Å². The van der Waals surface area contributed by atoms with Crippen molar-refractivity contribution in [2.45, 2.75) is 31.9 Å². The zero-order chi connectivity index (χ0) is 23.7. The Morgan fingerprint density at radius 3 is 1.61 bits per heavy atom. The first-order chi connectivity index (χ1) is 15.8. The Labute approximate surface area is 195 Å². The number of nitrogens with zero attached hydrogens (tertiary/aromatic N) is 1. The molecule has 1 amide bonds. The number of carbonyl (C=O) groups is 1. The van der Waals surface area contributed by atoms with Crippen molar-refractivity contribution in [3.05, 3.63) is 108 Å². The van der Waals surface area contributed by atoms with Crippen molar-refractivity contribution >= 4 is 12.1 Å². The van der Waals surface area contributed by atoms with E-state index in [1.165, 1.54) is 0 Å². The summed E-state index contributed by atoms with van der Waals surface area (Å²) in [7, 11) is 0. The molecule has 0 heterocycles. The largest absolute Gasteiger partial charge is 0.442 e. The van der Waals surface area contributed by atoms with E-state index >= 15 is 0 Å². The Morgan fingerprint density at radius 2 is 1.21 bits per heavy atom. The van der Waals surface area contributed by atoms with Crippen molar-refractivity contribution in [1.82, 2.24) is 10.6 Å². The van der Waals surface area contributed by atoms with Crippen molar-refractivity contribution in [3.8, 4) is 0 Å². The Kier molecular flexibility index (Phi) is 7.85. The van der Waals surface area contributed by atoms with Gasteiger partial charge in [0.2, 0.25) is 0 Å². The van der Waals surface area contributed by atoms with E-state index < -0.39 is 17.2 Å². The van der Waals surface area contributed by atoms with Gasteiger partial charge >= 0.3 is 6.09 Å². The van der Waals surface area contributed by atoms with Crippen LogP contribution in [0.1, 0.15) is 37.5 Å². The number of nitrogens with one attached hydrogen (secondary N) is 2. The predicted octanol–water partition coefficient (Wildman–Crippen LogP) is 4.41. The topological polar surface area (TPSA) is 88.7 Å². The van der Waals surface area contributed by atoms with Crippen molar-refractivity contribution in [2.75, 3.05) is 13.1 Å². The molecular formula is C27H32N4O2. The third-order valence-corrected chi connectivity index (χ3v) is 5.05. The van der Waals surface area contributed by atoms with E-state index in [-0.39, 0.29) is 5.96 Å². The summed E-state index contributed by atoms with van der Waals surface area (Å²) in [4.78, 5) is 15.6. The van der Waals surface area contributed by atoms with E-state index in [9.17, 15) is 4.79 Å². The minimum Gasteiger partial charge on any atom is -0.442 e. The van der Waals surface area contributed by atoms with Crippen LogP contribution in [0.4, 0.5) is 4.79 Å². The molecule has 3 rings (SSSR count). The first-order valence-electron chi connectivity index (χ1n) is 11.0. The van der Waals surface area contributed by atoms with Crippen LogP contribution in [0.2, 0.25) is 0 Å². The van der Waals surface area contributed by atoms with Gasteiger partial charge in [0.1, 0.15) is 5.60 Å². The summed E-state index contributed by atoms with van der Waals surface area (Å²) < 4.78 is 5.18. The maximum atomic E-state index is 11.9. The molecule has 3 aromatic carbocycles. The number of benzene rings is 3. The van der Waals surface area contributed by atoms with Crippen LogP contribution in [0, 0.1) is 0 Å². The molecule has 0 fully saturated rings. The third-order valence-electron chi connectivity index (χ3n) is 5.05. The zero-order valence-corrected chi connectivity index (χ0v) is 19.4. The highest BCUT2D eigenvalue weighted by Crippen LogP contribution is 2.36. The lowest BCUT2D eigenvalue weighted by Gasteiger charge is -2.37. The summed E-state index contributed by atoms with van der Waals surface area (Å²) in [5.74, 6) is 0.0239. The molecular weight excluding hydrogens is 412 g/mol. The van der Waals surface area contributed by atoms with Crippen molar-refractivity contribution in [1.29, 1.82) is 0 Å². The van der Waals surface area contributed by atoms with E-state index in [4.69, 9.17) is 10.5 Å². The fourth-order valence-corrected chi connectivity index (χ4v) is 3.73. The van der Waals surface area contributed by atoms with Crippen LogP contribution >= 0.6 is 0 Å². The van der Waals surface area contributed by atoms with Crippen LogP contribution in [-0.2, 0) is 10.3 Å². The minimum absolute atomic E-state index is 0.0239. The zero-order valence-electron chi connectivity index (χ0n) is 19.4. The Bertz CT molecular complexity index is 949. The lowest BCUT2D eigenvalue weighted by Crippen LogP contribution is -2.48. The van der Waals surface area contributed by atoms with E-state index in [0.29, 0.717) is 13.1 Å². The van der Waals surface area contributed by atoms with E-state index in [1.807, 2.05) is 54.6 Å². The molecule has 0 aromatic heterocycles. The third kappa shape index (κ3) is 6.43. The quantitative estimate of drug-likeness (QED) is 0.217. The Hall–Kier alpha value is -3.64. The van der Waals surface area contributed by atoms with E-state index in [1.54, 1.807) is 20.8 Å². The van der Waals surface area contributed by atoms with Crippen LogP contribution in [0.15, 0.2) is 96.0 Å². The lowest BCUT2D eigenvalue weighted by atomic mass is 9.77. The molecule has 6 heteroatoms. The number of carbonyl (C=O) groups excluding carboxylic acids is 1. The van der Waals surface area contributed by atoms with Gasteiger partial charge < -0.3 is 15.8 Å². The van der Waals surface area contributed by atoms with Gasteiger partial charge in [-0.25, -0.2) is 4.79 Å².